The molecule has 6 rings (SSSR count). The fraction of sp³-hybridized carbons (Fsp3) is 0.415. The van der Waals surface area contributed by atoms with Gasteiger partial charge in [0.15, 0.2) is 12.6 Å². The Kier molecular flexibility index (Phi) is 14.3. The molecule has 2 saturated heterocycles. The number of methoxy groups -OCH3 is 1. The summed E-state index contributed by atoms with van der Waals surface area (Å²) in [5.41, 5.74) is 3.58. The van der Waals surface area contributed by atoms with Crippen LogP contribution in [-0.2, 0) is 64.3 Å². The van der Waals surface area contributed by atoms with E-state index in [1.807, 2.05) is 121 Å². The lowest BCUT2D eigenvalue weighted by atomic mass is 9.96. The third-order valence-electron chi connectivity index (χ3n) is 9.23. The number of ether oxygens (including phenoxy) is 8. The molecule has 0 radical (unpaired) electrons. The Morgan fingerprint density at radius 2 is 0.827 bits per heavy atom. The molecule has 2 heterocycles. The average Bonchev–Trinajstić information content (AvgIpc) is 3.20. The predicted octanol–water partition coefficient (Wildman–Crippen LogP) is 4.15. The van der Waals surface area contributed by atoms with Crippen molar-refractivity contribution in [2.45, 2.75) is 87.8 Å². The molecular weight excluding hydrogens is 668 g/mol. The standard InChI is InChI=1S/C41H48O11/c1-45-40-39(49-27-31-20-12-5-13-21-31)38(36(33(23-43)50-40)47-25-29-16-8-3-9-17-29)52-41-37(48-26-30-18-10-4-11-19-30)34(44)35(32(22-42)51-41)46-24-28-14-6-2-7-15-28/h2-21,32-44H,22-27H2,1H3. The van der Waals surface area contributed by atoms with Gasteiger partial charge >= 0.3 is 0 Å². The largest absolute Gasteiger partial charge is 0.394 e. The van der Waals surface area contributed by atoms with Gasteiger partial charge < -0.3 is 53.2 Å². The molecule has 10 unspecified atom stereocenters. The van der Waals surface area contributed by atoms with Gasteiger partial charge in [0, 0.05) is 7.11 Å². The number of hydrogen-bond acceptors (Lipinski definition) is 11. The van der Waals surface area contributed by atoms with Gasteiger partial charge in [-0.3, -0.25) is 0 Å². The Balaban J connectivity index is 1.31. The number of benzene rings is 4. The number of aliphatic hydroxyl groups is 3. The maximum Gasteiger partial charge on any atom is 0.187 e. The van der Waals surface area contributed by atoms with E-state index in [1.165, 1.54) is 7.11 Å². The summed E-state index contributed by atoms with van der Waals surface area (Å²) in [6.07, 6.45) is -10.1. The monoisotopic (exact) mass is 716 g/mol. The number of aliphatic hydroxyl groups excluding tert-OH is 3. The molecule has 2 aliphatic heterocycles. The summed E-state index contributed by atoms with van der Waals surface area (Å²) in [7, 11) is 1.49. The third kappa shape index (κ3) is 9.90. The maximum atomic E-state index is 11.9. The Labute approximate surface area is 304 Å². The molecule has 3 N–H and O–H groups in total. The van der Waals surface area contributed by atoms with Crippen LogP contribution in [0.5, 0.6) is 0 Å². The third-order valence-corrected chi connectivity index (χ3v) is 9.23. The lowest BCUT2D eigenvalue weighted by molar-refractivity contribution is -0.373. The van der Waals surface area contributed by atoms with Crippen molar-refractivity contribution in [1.29, 1.82) is 0 Å². The number of hydrogen-bond donors (Lipinski definition) is 3. The first kappa shape index (κ1) is 38.2. The highest BCUT2D eigenvalue weighted by Gasteiger charge is 2.53. The molecule has 0 aliphatic carbocycles. The van der Waals surface area contributed by atoms with Crippen LogP contribution in [0.15, 0.2) is 121 Å². The zero-order valence-electron chi connectivity index (χ0n) is 29.2. The molecule has 4 aromatic carbocycles. The highest BCUT2D eigenvalue weighted by Crippen LogP contribution is 2.35. The summed E-state index contributed by atoms with van der Waals surface area (Å²) >= 11 is 0. The highest BCUT2D eigenvalue weighted by atomic mass is 16.8. The van der Waals surface area contributed by atoms with Gasteiger partial charge in [-0.15, -0.1) is 0 Å². The van der Waals surface area contributed by atoms with E-state index in [9.17, 15) is 15.3 Å². The summed E-state index contributed by atoms with van der Waals surface area (Å²) < 4.78 is 50.8. The molecule has 0 saturated carbocycles. The van der Waals surface area contributed by atoms with E-state index < -0.39 is 74.6 Å². The van der Waals surface area contributed by atoms with E-state index in [4.69, 9.17) is 37.9 Å². The van der Waals surface area contributed by atoms with Gasteiger partial charge in [-0.1, -0.05) is 121 Å². The SMILES string of the molecule is COC1OC(CO)C(OCc2ccccc2)C(OC2OC(CO)C(OCc3ccccc3)C(O)C2OCc2ccccc2)C1OCc1ccccc1. The van der Waals surface area contributed by atoms with Crippen LogP contribution in [0, 0.1) is 0 Å². The molecule has 278 valence electrons. The second-order valence-electron chi connectivity index (χ2n) is 12.8. The zero-order valence-corrected chi connectivity index (χ0v) is 29.2. The molecule has 2 aliphatic rings. The van der Waals surface area contributed by atoms with Crippen LogP contribution in [0.4, 0.5) is 0 Å². The van der Waals surface area contributed by atoms with Crippen LogP contribution in [0.3, 0.4) is 0 Å². The molecule has 11 nitrogen and oxygen atoms in total. The summed E-state index contributed by atoms with van der Waals surface area (Å²) in [5.74, 6) is 0. The minimum atomic E-state index is -1.28. The van der Waals surface area contributed by atoms with Crippen LogP contribution in [0.2, 0.25) is 0 Å². The van der Waals surface area contributed by atoms with Crippen molar-refractivity contribution in [1.82, 2.24) is 0 Å². The van der Waals surface area contributed by atoms with Crippen molar-refractivity contribution in [2.24, 2.45) is 0 Å². The first-order chi connectivity index (χ1) is 25.6. The molecule has 4 aromatic rings. The molecular formula is C41H48O11. The van der Waals surface area contributed by atoms with Gasteiger partial charge in [-0.25, -0.2) is 0 Å². The highest BCUT2D eigenvalue weighted by molar-refractivity contribution is 5.16. The summed E-state index contributed by atoms with van der Waals surface area (Å²) in [4.78, 5) is 0. The molecule has 0 amide bonds. The van der Waals surface area contributed by atoms with E-state index in [1.54, 1.807) is 0 Å². The zero-order chi connectivity index (χ0) is 36.1. The van der Waals surface area contributed by atoms with Gasteiger partial charge in [-0.05, 0) is 22.3 Å². The van der Waals surface area contributed by atoms with E-state index in [2.05, 4.69) is 0 Å². The molecule has 10 atom stereocenters. The normalized spacial score (nSPS) is 29.2. The van der Waals surface area contributed by atoms with Crippen LogP contribution >= 0.6 is 0 Å². The average molecular weight is 717 g/mol. The lowest BCUT2D eigenvalue weighted by Crippen LogP contribution is -2.66. The smallest absolute Gasteiger partial charge is 0.187 e. The van der Waals surface area contributed by atoms with Crippen molar-refractivity contribution >= 4 is 0 Å². The molecule has 2 fully saturated rings. The quantitative estimate of drug-likeness (QED) is 0.146. The second kappa shape index (κ2) is 19.5. The molecule has 0 aromatic heterocycles. The summed E-state index contributed by atoms with van der Waals surface area (Å²) in [5, 5.41) is 33.0. The van der Waals surface area contributed by atoms with Crippen LogP contribution < -0.4 is 0 Å². The first-order valence-electron chi connectivity index (χ1n) is 17.6. The molecule has 0 bridgehead atoms. The van der Waals surface area contributed by atoms with Crippen molar-refractivity contribution in [3.05, 3.63) is 144 Å². The Morgan fingerprint density at radius 1 is 0.462 bits per heavy atom. The fourth-order valence-corrected chi connectivity index (χ4v) is 6.50. The van der Waals surface area contributed by atoms with E-state index in [0.717, 1.165) is 22.3 Å². The van der Waals surface area contributed by atoms with Crippen LogP contribution in [0.25, 0.3) is 0 Å². The molecule has 0 spiro atoms. The van der Waals surface area contributed by atoms with Crippen LogP contribution in [-0.4, -0.2) is 97.1 Å². The minimum Gasteiger partial charge on any atom is -0.394 e. The van der Waals surface area contributed by atoms with Crippen LogP contribution in [0.1, 0.15) is 22.3 Å². The van der Waals surface area contributed by atoms with Crippen molar-refractivity contribution in [3.63, 3.8) is 0 Å². The van der Waals surface area contributed by atoms with Gasteiger partial charge in [-0.2, -0.15) is 0 Å². The van der Waals surface area contributed by atoms with E-state index in [-0.39, 0.29) is 26.4 Å². The van der Waals surface area contributed by atoms with Gasteiger partial charge in [0.05, 0.1) is 39.6 Å². The first-order valence-corrected chi connectivity index (χ1v) is 17.6. The second-order valence-corrected chi connectivity index (χ2v) is 12.8. The number of rotatable bonds is 17. The Bertz CT molecular complexity index is 1510. The van der Waals surface area contributed by atoms with E-state index in [0.29, 0.717) is 0 Å². The van der Waals surface area contributed by atoms with Gasteiger partial charge in [0.25, 0.3) is 0 Å². The minimum absolute atomic E-state index is 0.136. The topological polar surface area (TPSA) is 135 Å². The Hall–Kier alpha value is -3.56. The maximum absolute atomic E-state index is 11.9. The van der Waals surface area contributed by atoms with Gasteiger partial charge in [0.2, 0.25) is 0 Å². The van der Waals surface area contributed by atoms with E-state index >= 15 is 0 Å². The molecule has 11 heteroatoms. The summed E-state index contributed by atoms with van der Waals surface area (Å²) in [6.45, 7) is -0.168. The predicted molar refractivity (Wildman–Crippen MR) is 189 cm³/mol. The van der Waals surface area contributed by atoms with Crippen molar-refractivity contribution in [2.75, 3.05) is 20.3 Å². The van der Waals surface area contributed by atoms with Gasteiger partial charge in [0.1, 0.15) is 48.8 Å². The van der Waals surface area contributed by atoms with Crippen molar-refractivity contribution in [3.8, 4) is 0 Å². The Morgan fingerprint density at radius 3 is 1.25 bits per heavy atom. The lowest BCUT2D eigenvalue weighted by Gasteiger charge is -2.49. The summed E-state index contributed by atoms with van der Waals surface area (Å²) in [6, 6.07) is 38.4. The fourth-order valence-electron chi connectivity index (χ4n) is 6.50. The van der Waals surface area contributed by atoms with Crippen molar-refractivity contribution < 1.29 is 53.2 Å². The molecule has 52 heavy (non-hydrogen) atoms.